The predicted molar refractivity (Wildman–Crippen MR) is 53.8 cm³/mol. The van der Waals surface area contributed by atoms with Crippen LogP contribution in [0.3, 0.4) is 0 Å². The van der Waals surface area contributed by atoms with Crippen molar-refractivity contribution in [3.63, 3.8) is 0 Å². The van der Waals surface area contributed by atoms with Crippen molar-refractivity contribution in [2.24, 2.45) is 5.92 Å². The van der Waals surface area contributed by atoms with E-state index in [9.17, 15) is 0 Å². The summed E-state index contributed by atoms with van der Waals surface area (Å²) in [6, 6.07) is 2.21. The molecule has 0 spiro atoms. The first-order valence-electron chi connectivity index (χ1n) is 4.86. The average Bonchev–Trinajstić information content (AvgIpc) is 2.64. The molecule has 1 N–H and O–H groups in total. The van der Waals surface area contributed by atoms with Gasteiger partial charge in [-0.2, -0.15) is 0 Å². The van der Waals surface area contributed by atoms with Crippen LogP contribution >= 0.6 is 0 Å². The van der Waals surface area contributed by atoms with Crippen LogP contribution in [0.5, 0.6) is 0 Å². The number of ether oxygens (including phenoxy) is 1. The van der Waals surface area contributed by atoms with Gasteiger partial charge in [0.25, 0.3) is 0 Å². The van der Waals surface area contributed by atoms with Crippen molar-refractivity contribution in [3.8, 4) is 0 Å². The molecule has 0 aliphatic carbocycles. The summed E-state index contributed by atoms with van der Waals surface area (Å²) in [6.45, 7) is 5.74. The molecule has 0 saturated heterocycles. The molecule has 4 nitrogen and oxygen atoms in total. The van der Waals surface area contributed by atoms with Crippen molar-refractivity contribution < 1.29 is 9.26 Å². The Morgan fingerprint density at radius 1 is 1.57 bits per heavy atom. The Bertz CT molecular complexity index is 234. The van der Waals surface area contributed by atoms with Gasteiger partial charge in [-0.3, -0.25) is 0 Å². The zero-order valence-corrected chi connectivity index (χ0v) is 8.99. The first kappa shape index (κ1) is 11.2. The lowest BCUT2D eigenvalue weighted by Crippen LogP contribution is -2.37. The molecular weight excluding hydrogens is 180 g/mol. The molecular formula is C10H18N2O2. The topological polar surface area (TPSA) is 47.3 Å². The quantitative estimate of drug-likeness (QED) is 0.751. The van der Waals surface area contributed by atoms with E-state index >= 15 is 0 Å². The highest BCUT2D eigenvalue weighted by atomic mass is 16.5. The number of methoxy groups -OCH3 is 1. The maximum Gasteiger partial charge on any atom is 0.150 e. The zero-order valence-electron chi connectivity index (χ0n) is 8.99. The molecule has 0 aliphatic rings. The molecule has 1 rings (SSSR count). The van der Waals surface area contributed by atoms with E-state index in [4.69, 9.17) is 9.26 Å². The van der Waals surface area contributed by atoms with E-state index in [2.05, 4.69) is 24.3 Å². The molecule has 1 unspecified atom stereocenters. The van der Waals surface area contributed by atoms with Crippen LogP contribution < -0.4 is 5.32 Å². The van der Waals surface area contributed by atoms with E-state index in [1.165, 1.54) is 0 Å². The van der Waals surface area contributed by atoms with Crippen LogP contribution in [-0.2, 0) is 11.3 Å². The molecule has 0 saturated carbocycles. The largest absolute Gasteiger partial charge is 0.383 e. The number of nitrogens with zero attached hydrogens (tertiary/aromatic N) is 1. The standard InChI is InChI=1S/C10H18N2O2/c1-8(2)10(7-13-3)11-6-9-4-5-12-14-9/h4-5,8,10-11H,6-7H2,1-3H3. The summed E-state index contributed by atoms with van der Waals surface area (Å²) in [4.78, 5) is 0. The molecule has 1 atom stereocenters. The highest BCUT2D eigenvalue weighted by Crippen LogP contribution is 2.04. The van der Waals surface area contributed by atoms with E-state index in [-0.39, 0.29) is 0 Å². The highest BCUT2D eigenvalue weighted by Gasteiger charge is 2.12. The lowest BCUT2D eigenvalue weighted by Gasteiger charge is -2.20. The van der Waals surface area contributed by atoms with Crippen molar-refractivity contribution in [2.45, 2.75) is 26.4 Å². The van der Waals surface area contributed by atoms with Crippen molar-refractivity contribution in [2.75, 3.05) is 13.7 Å². The summed E-state index contributed by atoms with van der Waals surface area (Å²) < 4.78 is 10.1. The van der Waals surface area contributed by atoms with Crippen molar-refractivity contribution in [1.29, 1.82) is 0 Å². The van der Waals surface area contributed by atoms with E-state index in [0.717, 1.165) is 5.76 Å². The first-order chi connectivity index (χ1) is 6.74. The number of rotatable bonds is 6. The lowest BCUT2D eigenvalue weighted by atomic mass is 10.1. The first-order valence-corrected chi connectivity index (χ1v) is 4.86. The Labute approximate surface area is 84.6 Å². The molecule has 14 heavy (non-hydrogen) atoms. The minimum absolute atomic E-state index is 0.352. The highest BCUT2D eigenvalue weighted by molar-refractivity contribution is 4.92. The summed E-state index contributed by atoms with van der Waals surface area (Å²) >= 11 is 0. The molecule has 0 aliphatic heterocycles. The molecule has 1 aromatic rings. The van der Waals surface area contributed by atoms with Gasteiger partial charge in [0.2, 0.25) is 0 Å². The van der Waals surface area contributed by atoms with Crippen molar-refractivity contribution >= 4 is 0 Å². The normalized spacial score (nSPS) is 13.4. The Morgan fingerprint density at radius 3 is 2.86 bits per heavy atom. The summed E-state index contributed by atoms with van der Waals surface area (Å²) in [5.41, 5.74) is 0. The minimum Gasteiger partial charge on any atom is -0.383 e. The minimum atomic E-state index is 0.352. The van der Waals surface area contributed by atoms with Gasteiger partial charge in [0.05, 0.1) is 19.3 Å². The third-order valence-corrected chi connectivity index (χ3v) is 2.18. The SMILES string of the molecule is COCC(NCc1ccno1)C(C)C. The third kappa shape index (κ3) is 3.47. The summed E-state index contributed by atoms with van der Waals surface area (Å²) in [6.07, 6.45) is 1.65. The van der Waals surface area contributed by atoms with Gasteiger partial charge < -0.3 is 14.6 Å². The van der Waals surface area contributed by atoms with Gasteiger partial charge in [-0.25, -0.2) is 0 Å². The lowest BCUT2D eigenvalue weighted by molar-refractivity contribution is 0.144. The van der Waals surface area contributed by atoms with E-state index in [1.54, 1.807) is 13.3 Å². The van der Waals surface area contributed by atoms with E-state index in [1.807, 2.05) is 6.07 Å². The summed E-state index contributed by atoms with van der Waals surface area (Å²) in [5, 5.41) is 7.01. The second-order valence-electron chi connectivity index (χ2n) is 3.67. The Hall–Kier alpha value is -0.870. The van der Waals surface area contributed by atoms with Crippen LogP contribution in [0.1, 0.15) is 19.6 Å². The fourth-order valence-electron chi connectivity index (χ4n) is 1.23. The Kier molecular flexibility index (Phi) is 4.62. The molecule has 80 valence electrons. The average molecular weight is 198 g/mol. The van der Waals surface area contributed by atoms with Crippen LogP contribution in [0, 0.1) is 5.92 Å². The molecule has 0 aromatic carbocycles. The zero-order chi connectivity index (χ0) is 10.4. The Balaban J connectivity index is 2.33. The molecule has 1 aromatic heterocycles. The maximum absolute atomic E-state index is 5.13. The molecule has 0 radical (unpaired) electrons. The number of nitrogens with one attached hydrogen (secondary N) is 1. The summed E-state index contributed by atoms with van der Waals surface area (Å²) in [7, 11) is 1.71. The van der Waals surface area contributed by atoms with Gasteiger partial charge in [0.15, 0.2) is 0 Å². The van der Waals surface area contributed by atoms with Gasteiger partial charge >= 0.3 is 0 Å². The van der Waals surface area contributed by atoms with Crippen LogP contribution in [0.4, 0.5) is 0 Å². The number of hydrogen-bond donors (Lipinski definition) is 1. The van der Waals surface area contributed by atoms with E-state index < -0.39 is 0 Å². The van der Waals surface area contributed by atoms with Gasteiger partial charge in [-0.15, -0.1) is 0 Å². The second-order valence-corrected chi connectivity index (χ2v) is 3.67. The van der Waals surface area contributed by atoms with Crippen molar-refractivity contribution in [3.05, 3.63) is 18.0 Å². The van der Waals surface area contributed by atoms with Gasteiger partial charge in [-0.1, -0.05) is 19.0 Å². The molecule has 4 heteroatoms. The predicted octanol–water partition coefficient (Wildman–Crippen LogP) is 1.44. The second kappa shape index (κ2) is 5.78. The summed E-state index contributed by atoms with van der Waals surface area (Å²) in [5.74, 6) is 1.39. The maximum atomic E-state index is 5.13. The molecule has 0 amide bonds. The van der Waals surface area contributed by atoms with Gasteiger partial charge in [-0.05, 0) is 5.92 Å². The molecule has 0 fully saturated rings. The Morgan fingerprint density at radius 2 is 2.36 bits per heavy atom. The van der Waals surface area contributed by atoms with Crippen LogP contribution in [0.15, 0.2) is 16.8 Å². The fraction of sp³-hybridized carbons (Fsp3) is 0.700. The van der Waals surface area contributed by atoms with Crippen LogP contribution in [0.2, 0.25) is 0 Å². The third-order valence-electron chi connectivity index (χ3n) is 2.18. The fourth-order valence-corrected chi connectivity index (χ4v) is 1.23. The molecule has 1 heterocycles. The van der Waals surface area contributed by atoms with Crippen LogP contribution in [0.25, 0.3) is 0 Å². The molecule has 0 bridgehead atoms. The number of hydrogen-bond acceptors (Lipinski definition) is 4. The number of aromatic nitrogens is 1. The van der Waals surface area contributed by atoms with Crippen LogP contribution in [-0.4, -0.2) is 24.9 Å². The smallest absolute Gasteiger partial charge is 0.150 e. The van der Waals surface area contributed by atoms with E-state index in [0.29, 0.717) is 25.1 Å². The van der Waals surface area contributed by atoms with Gasteiger partial charge in [0, 0.05) is 19.2 Å². The van der Waals surface area contributed by atoms with Crippen molar-refractivity contribution in [1.82, 2.24) is 10.5 Å². The monoisotopic (exact) mass is 198 g/mol. The van der Waals surface area contributed by atoms with Gasteiger partial charge in [0.1, 0.15) is 5.76 Å².